The molecule has 0 aliphatic carbocycles. The van der Waals surface area contributed by atoms with Crippen molar-refractivity contribution in [2.75, 3.05) is 26.7 Å². The Bertz CT molecular complexity index is 791. The normalized spacial score (nSPS) is 22.7. The Morgan fingerprint density at radius 3 is 2.56 bits per heavy atom. The third-order valence-electron chi connectivity index (χ3n) is 6.50. The average molecular weight is 367 g/mol. The molecule has 2 fully saturated rings. The van der Waals surface area contributed by atoms with E-state index in [0.29, 0.717) is 11.6 Å². The fourth-order valence-corrected chi connectivity index (χ4v) is 4.69. The van der Waals surface area contributed by atoms with Gasteiger partial charge in [-0.05, 0) is 37.8 Å². The van der Waals surface area contributed by atoms with Crippen molar-refractivity contribution in [3.05, 3.63) is 53.4 Å². The molecule has 0 radical (unpaired) electrons. The van der Waals surface area contributed by atoms with Crippen molar-refractivity contribution in [1.82, 2.24) is 15.0 Å². The Morgan fingerprint density at radius 2 is 1.93 bits per heavy atom. The molecule has 0 N–H and O–H groups in total. The predicted molar refractivity (Wildman–Crippen MR) is 105 cm³/mol. The van der Waals surface area contributed by atoms with E-state index in [0.717, 1.165) is 38.2 Å². The lowest BCUT2D eigenvalue weighted by Crippen LogP contribution is -2.52. The molecule has 1 unspecified atom stereocenters. The summed E-state index contributed by atoms with van der Waals surface area (Å²) in [7, 11) is 2.24. The van der Waals surface area contributed by atoms with Crippen molar-refractivity contribution < 1.29 is 9.32 Å². The number of rotatable bonds is 3. The van der Waals surface area contributed by atoms with Crippen LogP contribution in [0.5, 0.6) is 0 Å². The first-order valence-electron chi connectivity index (χ1n) is 10.0. The zero-order valence-corrected chi connectivity index (χ0v) is 16.5. The highest BCUT2D eigenvalue weighted by Gasteiger charge is 2.46. The summed E-state index contributed by atoms with van der Waals surface area (Å²) in [5.41, 5.74) is 2.09. The molecule has 1 amide bonds. The Hall–Kier alpha value is -2.14. The molecule has 27 heavy (non-hydrogen) atoms. The van der Waals surface area contributed by atoms with E-state index in [1.165, 1.54) is 12.0 Å². The first-order chi connectivity index (χ1) is 13.0. The molecular formula is C22H29N3O2. The van der Waals surface area contributed by atoms with Gasteiger partial charge in [0, 0.05) is 37.2 Å². The van der Waals surface area contributed by atoms with E-state index in [4.69, 9.17) is 4.52 Å². The van der Waals surface area contributed by atoms with Crippen LogP contribution in [0.1, 0.15) is 66.8 Å². The predicted octanol–water partition coefficient (Wildman–Crippen LogP) is 3.89. The molecule has 1 aromatic carbocycles. The van der Waals surface area contributed by atoms with Crippen LogP contribution in [0.4, 0.5) is 0 Å². The zero-order chi connectivity index (χ0) is 19.0. The van der Waals surface area contributed by atoms with Crippen LogP contribution in [0.2, 0.25) is 0 Å². The second-order valence-corrected chi connectivity index (χ2v) is 8.48. The number of hydrogen-bond donors (Lipinski definition) is 0. The molecule has 0 saturated carbocycles. The Morgan fingerprint density at radius 1 is 1.22 bits per heavy atom. The summed E-state index contributed by atoms with van der Waals surface area (Å²) in [5, 5.41) is 3.99. The monoisotopic (exact) mass is 367 g/mol. The zero-order valence-electron chi connectivity index (χ0n) is 16.5. The summed E-state index contributed by atoms with van der Waals surface area (Å²) in [6.45, 7) is 6.75. The minimum absolute atomic E-state index is 0.000703. The van der Waals surface area contributed by atoms with Crippen molar-refractivity contribution in [1.29, 1.82) is 0 Å². The van der Waals surface area contributed by atoms with Crippen LogP contribution >= 0.6 is 0 Å². The molecular weight excluding hydrogens is 338 g/mol. The molecule has 3 heterocycles. The van der Waals surface area contributed by atoms with Crippen LogP contribution in [0.25, 0.3) is 0 Å². The largest absolute Gasteiger partial charge is 0.360 e. The first kappa shape index (κ1) is 18.2. The van der Waals surface area contributed by atoms with E-state index >= 15 is 0 Å². The number of nitrogens with zero attached hydrogens (tertiary/aromatic N) is 3. The molecule has 2 aromatic rings. The first-order valence-corrected chi connectivity index (χ1v) is 10.0. The summed E-state index contributed by atoms with van der Waals surface area (Å²) in [6.07, 6.45) is 3.22. The van der Waals surface area contributed by atoms with E-state index < -0.39 is 0 Å². The van der Waals surface area contributed by atoms with E-state index in [-0.39, 0.29) is 17.4 Å². The maximum absolute atomic E-state index is 12.8. The Balaban J connectivity index is 1.41. The minimum Gasteiger partial charge on any atom is -0.360 e. The van der Waals surface area contributed by atoms with Gasteiger partial charge in [0.15, 0.2) is 5.69 Å². The van der Waals surface area contributed by atoms with Crippen LogP contribution in [0.15, 0.2) is 40.9 Å². The van der Waals surface area contributed by atoms with Crippen LogP contribution in [0.3, 0.4) is 0 Å². The standard InChI is InChI=1S/C22H29N3O2/c1-16(2)20-13-19(23-27-20)21(26)25-11-9-22(10-12-25)14-18(15-24(22)3)17-7-5-4-6-8-17/h4-8,13,16,18H,9-12,14-15H2,1-3H3. The van der Waals surface area contributed by atoms with Gasteiger partial charge >= 0.3 is 0 Å². The second kappa shape index (κ2) is 7.12. The summed E-state index contributed by atoms with van der Waals surface area (Å²) >= 11 is 0. The molecule has 4 rings (SSSR count). The quantitative estimate of drug-likeness (QED) is 0.826. The van der Waals surface area contributed by atoms with Crippen molar-refractivity contribution >= 4 is 5.91 Å². The van der Waals surface area contributed by atoms with Crippen molar-refractivity contribution in [3.8, 4) is 0 Å². The van der Waals surface area contributed by atoms with Gasteiger partial charge in [-0.2, -0.15) is 0 Å². The molecule has 1 atom stereocenters. The van der Waals surface area contributed by atoms with Crippen molar-refractivity contribution in [3.63, 3.8) is 0 Å². The number of amides is 1. The number of piperidine rings is 1. The number of carbonyl (C=O) groups is 1. The Labute approximate surface area is 161 Å². The number of likely N-dealkylation sites (tertiary alicyclic amines) is 2. The topological polar surface area (TPSA) is 49.6 Å². The lowest BCUT2D eigenvalue weighted by molar-refractivity contribution is 0.0484. The highest BCUT2D eigenvalue weighted by molar-refractivity contribution is 5.92. The lowest BCUT2D eigenvalue weighted by atomic mass is 9.81. The van der Waals surface area contributed by atoms with Gasteiger partial charge < -0.3 is 9.42 Å². The number of hydrogen-bond acceptors (Lipinski definition) is 4. The van der Waals surface area contributed by atoms with Gasteiger partial charge in [-0.3, -0.25) is 9.69 Å². The highest BCUT2D eigenvalue weighted by atomic mass is 16.5. The molecule has 0 bridgehead atoms. The van der Waals surface area contributed by atoms with E-state index in [2.05, 4.69) is 47.4 Å². The summed E-state index contributed by atoms with van der Waals surface area (Å²) in [6, 6.07) is 12.6. The fraction of sp³-hybridized carbons (Fsp3) is 0.545. The van der Waals surface area contributed by atoms with Crippen molar-refractivity contribution in [2.45, 2.75) is 50.5 Å². The van der Waals surface area contributed by atoms with Gasteiger partial charge in [-0.1, -0.05) is 49.3 Å². The van der Waals surface area contributed by atoms with Gasteiger partial charge in [0.1, 0.15) is 5.76 Å². The maximum atomic E-state index is 12.8. The van der Waals surface area contributed by atoms with Crippen molar-refractivity contribution in [2.24, 2.45) is 0 Å². The van der Waals surface area contributed by atoms with E-state index in [1.807, 2.05) is 18.7 Å². The van der Waals surface area contributed by atoms with Gasteiger partial charge in [0.05, 0.1) is 0 Å². The Kier molecular flexibility index (Phi) is 4.81. The third kappa shape index (κ3) is 3.41. The molecule has 2 aliphatic heterocycles. The number of carbonyl (C=O) groups excluding carboxylic acids is 1. The number of aromatic nitrogens is 1. The molecule has 144 valence electrons. The van der Waals surface area contributed by atoms with Crippen LogP contribution in [-0.4, -0.2) is 53.1 Å². The van der Waals surface area contributed by atoms with Crippen LogP contribution in [-0.2, 0) is 0 Å². The molecule has 2 saturated heterocycles. The highest BCUT2D eigenvalue weighted by Crippen LogP contribution is 2.44. The van der Waals surface area contributed by atoms with E-state index in [9.17, 15) is 4.79 Å². The molecule has 1 aromatic heterocycles. The number of benzene rings is 1. The third-order valence-corrected chi connectivity index (χ3v) is 6.50. The maximum Gasteiger partial charge on any atom is 0.276 e. The summed E-state index contributed by atoms with van der Waals surface area (Å²) in [4.78, 5) is 17.3. The smallest absolute Gasteiger partial charge is 0.276 e. The van der Waals surface area contributed by atoms with Gasteiger partial charge in [-0.15, -0.1) is 0 Å². The second-order valence-electron chi connectivity index (χ2n) is 8.48. The SMILES string of the molecule is CC(C)c1cc(C(=O)N2CCC3(CC2)CC(c2ccccc2)CN3C)no1. The molecule has 5 heteroatoms. The molecule has 5 nitrogen and oxygen atoms in total. The molecule has 1 spiro atoms. The molecule has 2 aliphatic rings. The fourth-order valence-electron chi connectivity index (χ4n) is 4.69. The van der Waals surface area contributed by atoms with Gasteiger partial charge in [-0.25, -0.2) is 0 Å². The average Bonchev–Trinajstić information content (AvgIpc) is 3.29. The van der Waals surface area contributed by atoms with E-state index in [1.54, 1.807) is 6.07 Å². The van der Waals surface area contributed by atoms with Crippen LogP contribution < -0.4 is 0 Å². The summed E-state index contributed by atoms with van der Waals surface area (Å²) < 4.78 is 5.31. The van der Waals surface area contributed by atoms with Gasteiger partial charge in [0.2, 0.25) is 0 Å². The lowest BCUT2D eigenvalue weighted by Gasteiger charge is -2.43. The summed E-state index contributed by atoms with van der Waals surface area (Å²) in [5.74, 6) is 1.60. The number of likely N-dealkylation sites (N-methyl/N-ethyl adjacent to an activating group) is 1. The van der Waals surface area contributed by atoms with Crippen LogP contribution in [0, 0.1) is 0 Å². The van der Waals surface area contributed by atoms with Gasteiger partial charge in [0.25, 0.3) is 5.91 Å². The minimum atomic E-state index is 0.000703.